The molecule has 2 heterocycles. The largest absolute Gasteiger partial charge is 0.392 e. The minimum absolute atomic E-state index is 0.127. The fourth-order valence-corrected chi connectivity index (χ4v) is 1.55. The van der Waals surface area contributed by atoms with Gasteiger partial charge in [0.15, 0.2) is 18.4 Å². The molecular formula is C9H12NO+. The Morgan fingerprint density at radius 3 is 3.27 bits per heavy atom. The molecule has 1 unspecified atom stereocenters. The van der Waals surface area contributed by atoms with Crippen LogP contribution in [0.25, 0.3) is 0 Å². The number of hydrogen-bond donors (Lipinski definition) is 1. The first-order chi connectivity index (χ1) is 5.36. The van der Waals surface area contributed by atoms with Crippen LogP contribution in [-0.4, -0.2) is 11.2 Å². The molecular weight excluding hydrogens is 138 g/mol. The highest BCUT2D eigenvalue weighted by Gasteiger charge is 2.21. The first-order valence-corrected chi connectivity index (χ1v) is 4.01. The predicted octanol–water partition coefficient (Wildman–Crippen LogP) is 0.281. The van der Waals surface area contributed by atoms with E-state index >= 15 is 0 Å². The normalized spacial score (nSPS) is 22.8. The molecule has 2 nitrogen and oxygen atoms in total. The molecule has 0 saturated heterocycles. The maximum Gasteiger partial charge on any atom is 0.183 e. The van der Waals surface area contributed by atoms with E-state index in [-0.39, 0.29) is 6.10 Å². The summed E-state index contributed by atoms with van der Waals surface area (Å²) < 4.78 is 2.20. The molecule has 0 aromatic carbocycles. The minimum atomic E-state index is -0.127. The highest BCUT2D eigenvalue weighted by Crippen LogP contribution is 2.06. The van der Waals surface area contributed by atoms with Gasteiger partial charge in [-0.3, -0.25) is 0 Å². The van der Waals surface area contributed by atoms with Crippen molar-refractivity contribution >= 4 is 0 Å². The maximum atomic E-state index is 9.34. The number of aliphatic hydroxyl groups excluding tert-OH is 1. The van der Waals surface area contributed by atoms with Gasteiger partial charge in [-0.2, -0.15) is 0 Å². The van der Waals surface area contributed by atoms with Gasteiger partial charge in [-0.15, -0.1) is 0 Å². The van der Waals surface area contributed by atoms with Crippen LogP contribution >= 0.6 is 0 Å². The van der Waals surface area contributed by atoms with Gasteiger partial charge in [0, 0.05) is 18.6 Å². The molecule has 0 spiro atoms. The molecule has 0 bridgehead atoms. The Labute approximate surface area is 66.1 Å². The van der Waals surface area contributed by atoms with Crippen molar-refractivity contribution in [2.45, 2.75) is 25.5 Å². The number of aliphatic hydroxyl groups is 1. The van der Waals surface area contributed by atoms with Crippen molar-refractivity contribution in [3.8, 4) is 0 Å². The van der Waals surface area contributed by atoms with E-state index < -0.39 is 0 Å². The van der Waals surface area contributed by atoms with Crippen LogP contribution < -0.4 is 4.57 Å². The zero-order valence-electron chi connectivity index (χ0n) is 6.40. The van der Waals surface area contributed by atoms with Gasteiger partial charge in [0.25, 0.3) is 0 Å². The lowest BCUT2D eigenvalue weighted by atomic mass is 10.1. The molecule has 0 radical (unpaired) electrons. The Kier molecular flexibility index (Phi) is 1.62. The number of aryl methyl sites for hydroxylation is 1. The lowest BCUT2D eigenvalue weighted by molar-refractivity contribution is -0.711. The molecule has 58 valence electrons. The van der Waals surface area contributed by atoms with Crippen molar-refractivity contribution in [2.75, 3.05) is 0 Å². The van der Waals surface area contributed by atoms with Crippen LogP contribution in [0.4, 0.5) is 0 Å². The number of nitrogens with zero attached hydrogens (tertiary/aromatic N) is 1. The van der Waals surface area contributed by atoms with E-state index in [1.54, 1.807) is 0 Å². The van der Waals surface area contributed by atoms with E-state index in [4.69, 9.17) is 0 Å². The molecule has 1 aliphatic heterocycles. The maximum absolute atomic E-state index is 9.34. The van der Waals surface area contributed by atoms with Gasteiger partial charge in [-0.25, -0.2) is 4.57 Å². The summed E-state index contributed by atoms with van der Waals surface area (Å²) >= 11 is 0. The van der Waals surface area contributed by atoms with E-state index in [1.807, 2.05) is 12.1 Å². The van der Waals surface area contributed by atoms with Gasteiger partial charge in [0.1, 0.15) is 0 Å². The molecule has 0 saturated carbocycles. The van der Waals surface area contributed by atoms with Crippen molar-refractivity contribution in [1.29, 1.82) is 0 Å². The Hall–Kier alpha value is -0.890. The monoisotopic (exact) mass is 150 g/mol. The zero-order valence-corrected chi connectivity index (χ0v) is 6.40. The first kappa shape index (κ1) is 6.80. The van der Waals surface area contributed by atoms with Crippen molar-refractivity contribution in [3.05, 3.63) is 30.1 Å². The molecule has 2 heteroatoms. The predicted molar refractivity (Wildman–Crippen MR) is 41.0 cm³/mol. The number of pyridine rings is 1. The van der Waals surface area contributed by atoms with Gasteiger partial charge in [-0.05, 0) is 0 Å². The second kappa shape index (κ2) is 2.62. The lowest BCUT2D eigenvalue weighted by Gasteiger charge is -2.14. The number of aromatic nitrogens is 1. The fraction of sp³-hybridized carbons (Fsp3) is 0.444. The van der Waals surface area contributed by atoms with Crippen molar-refractivity contribution < 1.29 is 9.67 Å². The summed E-state index contributed by atoms with van der Waals surface area (Å²) in [5.41, 5.74) is 1.24. The van der Waals surface area contributed by atoms with E-state index in [9.17, 15) is 5.11 Å². The quantitative estimate of drug-likeness (QED) is 0.528. The third-order valence-corrected chi connectivity index (χ3v) is 2.18. The topological polar surface area (TPSA) is 24.1 Å². The van der Waals surface area contributed by atoms with E-state index in [1.165, 1.54) is 5.69 Å². The minimum Gasteiger partial charge on any atom is -0.392 e. The van der Waals surface area contributed by atoms with Gasteiger partial charge < -0.3 is 5.11 Å². The second-order valence-electron chi connectivity index (χ2n) is 3.03. The van der Waals surface area contributed by atoms with Crippen molar-refractivity contribution in [1.82, 2.24) is 0 Å². The average Bonchev–Trinajstić information content (AvgIpc) is 2.04. The van der Waals surface area contributed by atoms with Gasteiger partial charge >= 0.3 is 0 Å². The standard InChI is InChI=1S/C9H12NO/c11-9-4-6-10-5-2-1-3-8(10)7-9/h1-3,5,9,11H,4,6-7H2/q+1. The van der Waals surface area contributed by atoms with E-state index in [0.717, 1.165) is 19.4 Å². The summed E-state index contributed by atoms with van der Waals surface area (Å²) in [4.78, 5) is 0. The number of hydrogen-bond acceptors (Lipinski definition) is 1. The summed E-state index contributed by atoms with van der Waals surface area (Å²) in [6.07, 6.45) is 3.64. The molecule has 0 fully saturated rings. The van der Waals surface area contributed by atoms with Crippen LogP contribution in [0.5, 0.6) is 0 Å². The molecule has 1 aromatic heterocycles. The summed E-state index contributed by atoms with van der Waals surface area (Å²) in [6, 6.07) is 6.12. The van der Waals surface area contributed by atoms with Gasteiger partial charge in [0.05, 0.1) is 12.5 Å². The molecule has 0 aliphatic carbocycles. The zero-order chi connectivity index (χ0) is 7.68. The molecule has 1 atom stereocenters. The van der Waals surface area contributed by atoms with Crippen molar-refractivity contribution in [2.24, 2.45) is 0 Å². The summed E-state index contributed by atoms with van der Waals surface area (Å²) in [7, 11) is 0. The summed E-state index contributed by atoms with van der Waals surface area (Å²) in [5, 5.41) is 9.34. The first-order valence-electron chi connectivity index (χ1n) is 4.01. The third kappa shape index (κ3) is 1.26. The van der Waals surface area contributed by atoms with Gasteiger partial charge in [0.2, 0.25) is 0 Å². The molecule has 11 heavy (non-hydrogen) atoms. The summed E-state index contributed by atoms with van der Waals surface area (Å²) in [5.74, 6) is 0. The molecule has 1 aliphatic rings. The van der Waals surface area contributed by atoms with Crippen LogP contribution in [0.3, 0.4) is 0 Å². The molecule has 2 rings (SSSR count). The van der Waals surface area contributed by atoms with Crippen LogP contribution in [0.1, 0.15) is 12.1 Å². The molecule has 1 aromatic rings. The highest BCUT2D eigenvalue weighted by atomic mass is 16.3. The van der Waals surface area contributed by atoms with Crippen molar-refractivity contribution in [3.63, 3.8) is 0 Å². The van der Waals surface area contributed by atoms with E-state index in [2.05, 4.69) is 16.8 Å². The van der Waals surface area contributed by atoms with Crippen LogP contribution in [0.15, 0.2) is 24.4 Å². The molecule has 0 amide bonds. The molecule has 1 N–H and O–H groups in total. The van der Waals surface area contributed by atoms with Gasteiger partial charge in [-0.1, -0.05) is 6.07 Å². The summed E-state index contributed by atoms with van der Waals surface area (Å²) in [6.45, 7) is 0.956. The third-order valence-electron chi connectivity index (χ3n) is 2.18. The Morgan fingerprint density at radius 2 is 2.36 bits per heavy atom. The number of fused-ring (bicyclic) bond motifs is 1. The Balaban J connectivity index is 2.34. The Bertz CT molecular complexity index is 259. The lowest BCUT2D eigenvalue weighted by Crippen LogP contribution is -2.44. The fourth-order valence-electron chi connectivity index (χ4n) is 1.55. The Morgan fingerprint density at radius 1 is 1.45 bits per heavy atom. The number of rotatable bonds is 0. The smallest absolute Gasteiger partial charge is 0.183 e. The van der Waals surface area contributed by atoms with Crippen LogP contribution in [0.2, 0.25) is 0 Å². The average molecular weight is 150 g/mol. The SMILES string of the molecule is OC1CC[n+]2ccccc2C1. The highest BCUT2D eigenvalue weighted by molar-refractivity contribution is 4.99. The van der Waals surface area contributed by atoms with Crippen LogP contribution in [0, 0.1) is 0 Å². The van der Waals surface area contributed by atoms with E-state index in [0.29, 0.717) is 0 Å². The van der Waals surface area contributed by atoms with Crippen LogP contribution in [-0.2, 0) is 13.0 Å². The second-order valence-corrected chi connectivity index (χ2v) is 3.03.